The maximum atomic E-state index is 13.0. The smallest absolute Gasteiger partial charge is 0.277 e. The normalized spacial score (nSPS) is 16.1. The first kappa shape index (κ1) is 21.6. The second-order valence-corrected chi connectivity index (χ2v) is 8.79. The summed E-state index contributed by atoms with van der Waals surface area (Å²) in [6.07, 6.45) is 3.10. The SMILES string of the molecule is CCn1c(CNC(=O)c2nc3c(nc2N)NCC3)[n+](CC)c2ccc(C3CCNCC3)cc21. The number of carbonyl (C=O) groups excluding carboxylic acids is 1. The molecule has 5 N–H and O–H groups in total. The van der Waals surface area contributed by atoms with Gasteiger partial charge in [0.1, 0.15) is 12.4 Å². The molecule has 0 atom stereocenters. The largest absolute Gasteiger partial charge is 0.382 e. The minimum Gasteiger partial charge on any atom is -0.382 e. The number of aryl methyl sites for hydroxylation is 2. The fraction of sp³-hybridized carbons (Fsp3) is 0.500. The molecule has 0 bridgehead atoms. The van der Waals surface area contributed by atoms with E-state index in [9.17, 15) is 4.79 Å². The van der Waals surface area contributed by atoms with Crippen molar-refractivity contribution in [3.63, 3.8) is 0 Å². The molecule has 1 saturated heterocycles. The highest BCUT2D eigenvalue weighted by atomic mass is 16.1. The van der Waals surface area contributed by atoms with Crippen molar-refractivity contribution in [3.8, 4) is 0 Å². The van der Waals surface area contributed by atoms with E-state index in [0.29, 0.717) is 18.3 Å². The van der Waals surface area contributed by atoms with E-state index in [2.05, 4.69) is 67.1 Å². The number of imidazole rings is 1. The lowest BCUT2D eigenvalue weighted by Gasteiger charge is -2.22. The number of nitrogens with one attached hydrogen (secondary N) is 3. The molecular weight excluding hydrogens is 416 g/mol. The molecule has 0 saturated carbocycles. The van der Waals surface area contributed by atoms with Crippen molar-refractivity contribution < 1.29 is 9.36 Å². The third-order valence-electron chi connectivity index (χ3n) is 6.92. The van der Waals surface area contributed by atoms with Crippen molar-refractivity contribution in [2.24, 2.45) is 0 Å². The Kier molecular flexibility index (Phi) is 5.88. The van der Waals surface area contributed by atoms with Crippen molar-refractivity contribution >= 4 is 28.6 Å². The second-order valence-electron chi connectivity index (χ2n) is 8.79. The summed E-state index contributed by atoms with van der Waals surface area (Å²) in [5.41, 5.74) is 10.9. The zero-order valence-electron chi connectivity index (χ0n) is 19.4. The molecule has 5 rings (SSSR count). The van der Waals surface area contributed by atoms with Crippen LogP contribution in [0.1, 0.15) is 60.2 Å². The standard InChI is InChI=1S/C24H32N8O/c1-3-31-18-6-5-16(15-7-10-26-11-8-15)13-19(18)32(4-2)20(31)14-28-24(33)21-22(25)30-23-17(29-21)9-12-27-23/h5-6,13,15,26H,3-4,7-12,14H2,1-2H3,(H3-,25,27,28,30,33)/p+1. The van der Waals surface area contributed by atoms with E-state index >= 15 is 0 Å². The molecule has 2 aliphatic rings. The van der Waals surface area contributed by atoms with E-state index < -0.39 is 0 Å². The number of piperidine rings is 1. The zero-order valence-corrected chi connectivity index (χ0v) is 19.4. The van der Waals surface area contributed by atoms with Crippen LogP contribution in [0.25, 0.3) is 11.0 Å². The van der Waals surface area contributed by atoms with Gasteiger partial charge in [-0.25, -0.2) is 19.1 Å². The molecule has 2 aromatic heterocycles. The number of hydrogen-bond acceptors (Lipinski definition) is 6. The monoisotopic (exact) mass is 449 g/mol. The Bertz CT molecular complexity index is 1200. The number of anilines is 2. The molecule has 2 aliphatic heterocycles. The van der Waals surface area contributed by atoms with Gasteiger partial charge in [-0.15, -0.1) is 0 Å². The summed E-state index contributed by atoms with van der Waals surface area (Å²) in [6.45, 7) is 9.27. The Hall–Kier alpha value is -3.20. The number of nitrogens with zero attached hydrogens (tertiary/aromatic N) is 4. The van der Waals surface area contributed by atoms with Gasteiger partial charge in [0.2, 0.25) is 0 Å². The van der Waals surface area contributed by atoms with Crippen LogP contribution in [0.3, 0.4) is 0 Å². The van der Waals surface area contributed by atoms with Crippen molar-refractivity contribution in [2.45, 2.75) is 58.7 Å². The van der Waals surface area contributed by atoms with E-state index in [4.69, 9.17) is 5.73 Å². The third-order valence-corrected chi connectivity index (χ3v) is 6.92. The number of amides is 1. The van der Waals surface area contributed by atoms with Gasteiger partial charge < -0.3 is 21.7 Å². The van der Waals surface area contributed by atoms with E-state index in [1.54, 1.807) is 0 Å². The van der Waals surface area contributed by atoms with E-state index in [0.717, 1.165) is 50.7 Å². The van der Waals surface area contributed by atoms with E-state index in [-0.39, 0.29) is 17.4 Å². The highest BCUT2D eigenvalue weighted by Crippen LogP contribution is 2.28. The fourth-order valence-electron chi connectivity index (χ4n) is 5.22. The van der Waals surface area contributed by atoms with E-state index in [1.807, 2.05) is 0 Å². The molecule has 0 aliphatic carbocycles. The number of rotatable bonds is 6. The number of nitrogens with two attached hydrogens (primary N) is 1. The summed E-state index contributed by atoms with van der Waals surface area (Å²) in [4.78, 5) is 21.8. The predicted octanol–water partition coefficient (Wildman–Crippen LogP) is 1.71. The topological polar surface area (TPSA) is 114 Å². The van der Waals surface area contributed by atoms with Gasteiger partial charge in [-0.05, 0) is 63.4 Å². The van der Waals surface area contributed by atoms with Crippen molar-refractivity contribution in [3.05, 3.63) is 41.0 Å². The number of benzene rings is 1. The van der Waals surface area contributed by atoms with Crippen molar-refractivity contribution in [1.82, 2.24) is 25.2 Å². The average molecular weight is 450 g/mol. The van der Waals surface area contributed by atoms with Crippen LogP contribution in [0.5, 0.6) is 0 Å². The van der Waals surface area contributed by atoms with Gasteiger partial charge in [-0.3, -0.25) is 4.79 Å². The summed E-state index contributed by atoms with van der Waals surface area (Å²) < 4.78 is 4.60. The molecule has 174 valence electrons. The van der Waals surface area contributed by atoms with Gasteiger partial charge in [-0.1, -0.05) is 6.07 Å². The Morgan fingerprint density at radius 2 is 2.06 bits per heavy atom. The number of carbonyl (C=O) groups is 1. The van der Waals surface area contributed by atoms with Gasteiger partial charge in [0.25, 0.3) is 11.7 Å². The van der Waals surface area contributed by atoms with Gasteiger partial charge in [-0.2, -0.15) is 0 Å². The molecule has 9 nitrogen and oxygen atoms in total. The summed E-state index contributed by atoms with van der Waals surface area (Å²) in [5, 5.41) is 9.64. The molecule has 0 spiro atoms. The van der Waals surface area contributed by atoms with Crippen LogP contribution >= 0.6 is 0 Å². The number of nitrogen functional groups attached to an aromatic ring is 1. The molecule has 1 amide bonds. The lowest BCUT2D eigenvalue weighted by atomic mass is 9.90. The van der Waals surface area contributed by atoms with Gasteiger partial charge in [0.15, 0.2) is 22.5 Å². The minimum absolute atomic E-state index is 0.159. The van der Waals surface area contributed by atoms with Crippen LogP contribution < -0.4 is 26.3 Å². The molecule has 33 heavy (non-hydrogen) atoms. The summed E-state index contributed by atoms with van der Waals surface area (Å²) >= 11 is 0. The molecule has 1 fully saturated rings. The van der Waals surface area contributed by atoms with Crippen LogP contribution in [0.15, 0.2) is 18.2 Å². The summed E-state index contributed by atoms with van der Waals surface area (Å²) in [5.74, 6) is 2.22. The Labute approximate surface area is 193 Å². The van der Waals surface area contributed by atoms with Gasteiger partial charge >= 0.3 is 0 Å². The summed E-state index contributed by atoms with van der Waals surface area (Å²) in [6, 6.07) is 6.87. The first-order chi connectivity index (χ1) is 16.1. The van der Waals surface area contributed by atoms with E-state index in [1.165, 1.54) is 29.4 Å². The molecule has 9 heteroatoms. The summed E-state index contributed by atoms with van der Waals surface area (Å²) in [7, 11) is 0. The highest BCUT2D eigenvalue weighted by Gasteiger charge is 2.27. The maximum absolute atomic E-state index is 13.0. The molecule has 4 heterocycles. The Balaban J connectivity index is 1.44. The maximum Gasteiger partial charge on any atom is 0.277 e. The van der Waals surface area contributed by atoms with Gasteiger partial charge in [0.05, 0.1) is 18.8 Å². The van der Waals surface area contributed by atoms with Crippen LogP contribution in [-0.2, 0) is 26.1 Å². The molecule has 1 aromatic carbocycles. The lowest BCUT2D eigenvalue weighted by Crippen LogP contribution is -2.40. The fourth-order valence-corrected chi connectivity index (χ4v) is 5.22. The Morgan fingerprint density at radius 1 is 1.24 bits per heavy atom. The number of fused-ring (bicyclic) bond motifs is 2. The Morgan fingerprint density at radius 3 is 2.82 bits per heavy atom. The quantitative estimate of drug-likeness (QED) is 0.426. The zero-order chi connectivity index (χ0) is 22.9. The highest BCUT2D eigenvalue weighted by molar-refractivity contribution is 5.96. The van der Waals surface area contributed by atoms with Crippen LogP contribution in [0.2, 0.25) is 0 Å². The van der Waals surface area contributed by atoms with Crippen LogP contribution in [0.4, 0.5) is 11.6 Å². The van der Waals surface area contributed by atoms with Crippen molar-refractivity contribution in [2.75, 3.05) is 30.7 Å². The van der Waals surface area contributed by atoms with Crippen LogP contribution in [-0.4, -0.2) is 40.1 Å². The second kappa shape index (κ2) is 8.97. The first-order valence-electron chi connectivity index (χ1n) is 12.0. The van der Waals surface area contributed by atoms with Crippen molar-refractivity contribution in [1.29, 1.82) is 0 Å². The molecule has 3 aromatic rings. The lowest BCUT2D eigenvalue weighted by molar-refractivity contribution is -0.676. The molecular formula is C24H33N8O+. The minimum atomic E-state index is -0.291. The number of aromatic nitrogens is 4. The molecule has 0 unspecified atom stereocenters. The first-order valence-corrected chi connectivity index (χ1v) is 12.0. The van der Waals surface area contributed by atoms with Gasteiger partial charge in [0, 0.05) is 13.0 Å². The number of hydrogen-bond donors (Lipinski definition) is 4. The average Bonchev–Trinajstić information content (AvgIpc) is 3.42. The van der Waals surface area contributed by atoms with Crippen LogP contribution in [0, 0.1) is 0 Å². The predicted molar refractivity (Wildman–Crippen MR) is 128 cm³/mol. The third kappa shape index (κ3) is 3.90. The molecule has 0 radical (unpaired) electrons.